The first-order valence-corrected chi connectivity index (χ1v) is 6.70. The number of halogens is 2. The molecule has 100 valence electrons. The first kappa shape index (κ1) is 15.8. The van der Waals surface area contributed by atoms with Gasteiger partial charge in [-0.1, -0.05) is 35.0 Å². The van der Waals surface area contributed by atoms with Gasteiger partial charge in [0.2, 0.25) is 0 Å². The van der Waals surface area contributed by atoms with Crippen molar-refractivity contribution in [2.24, 2.45) is 10.9 Å². The minimum absolute atomic E-state index is 0. The average molecular weight is 424 g/mol. The molecule has 0 heterocycles. The molecule has 0 spiro atoms. The van der Waals surface area contributed by atoms with Crippen LogP contribution in [0.1, 0.15) is 18.9 Å². The van der Waals surface area contributed by atoms with Crippen LogP contribution in [0.15, 0.2) is 33.7 Å². The molecule has 5 heteroatoms. The van der Waals surface area contributed by atoms with Gasteiger partial charge in [0, 0.05) is 24.1 Å². The van der Waals surface area contributed by atoms with E-state index in [1.165, 1.54) is 12.0 Å². The highest BCUT2D eigenvalue weighted by atomic mass is 127. The summed E-state index contributed by atoms with van der Waals surface area (Å²) < 4.78 is 1.11. The van der Waals surface area contributed by atoms with E-state index in [0.717, 1.165) is 22.9 Å². The molecular weight excluding hydrogens is 405 g/mol. The Morgan fingerprint density at radius 1 is 1.39 bits per heavy atom. The van der Waals surface area contributed by atoms with Crippen molar-refractivity contribution in [3.63, 3.8) is 0 Å². The van der Waals surface area contributed by atoms with Crippen molar-refractivity contribution in [1.29, 1.82) is 0 Å². The molecule has 1 aliphatic carbocycles. The highest BCUT2D eigenvalue weighted by Crippen LogP contribution is 2.28. The van der Waals surface area contributed by atoms with Gasteiger partial charge in [-0.2, -0.15) is 0 Å². The Morgan fingerprint density at radius 2 is 2.00 bits per heavy atom. The number of nitrogens with zero attached hydrogens (tertiary/aromatic N) is 1. The van der Waals surface area contributed by atoms with Crippen molar-refractivity contribution >= 4 is 45.9 Å². The van der Waals surface area contributed by atoms with Crippen LogP contribution in [-0.4, -0.2) is 19.0 Å². The predicted molar refractivity (Wildman–Crippen MR) is 90.5 cm³/mol. The summed E-state index contributed by atoms with van der Waals surface area (Å²) in [6.45, 7) is 3.05. The average Bonchev–Trinajstić information content (AvgIpc) is 3.02. The summed E-state index contributed by atoms with van der Waals surface area (Å²) in [4.78, 5) is 4.22. The smallest absolute Gasteiger partial charge is 0.191 e. The van der Waals surface area contributed by atoms with E-state index in [1.807, 2.05) is 7.05 Å². The number of benzene rings is 1. The molecule has 2 N–H and O–H groups in total. The molecule has 0 amide bonds. The normalized spacial score (nSPS) is 22.1. The van der Waals surface area contributed by atoms with Gasteiger partial charge >= 0.3 is 0 Å². The van der Waals surface area contributed by atoms with E-state index >= 15 is 0 Å². The van der Waals surface area contributed by atoms with Gasteiger partial charge in [-0.3, -0.25) is 4.99 Å². The monoisotopic (exact) mass is 423 g/mol. The number of hydrogen-bond donors (Lipinski definition) is 2. The molecule has 0 aliphatic heterocycles. The van der Waals surface area contributed by atoms with Crippen LogP contribution in [0.2, 0.25) is 0 Å². The highest BCUT2D eigenvalue weighted by Gasteiger charge is 2.33. The molecule has 1 aromatic carbocycles. The van der Waals surface area contributed by atoms with Gasteiger partial charge in [-0.25, -0.2) is 0 Å². The zero-order valence-electron chi connectivity index (χ0n) is 10.6. The molecule has 0 radical (unpaired) electrons. The van der Waals surface area contributed by atoms with Crippen molar-refractivity contribution in [3.05, 3.63) is 34.3 Å². The van der Waals surface area contributed by atoms with Crippen LogP contribution in [-0.2, 0) is 6.54 Å². The van der Waals surface area contributed by atoms with E-state index < -0.39 is 0 Å². The van der Waals surface area contributed by atoms with E-state index in [9.17, 15) is 0 Å². The second-order valence-electron chi connectivity index (χ2n) is 4.52. The van der Waals surface area contributed by atoms with Gasteiger partial charge in [0.05, 0.1) is 0 Å². The molecule has 2 atom stereocenters. The van der Waals surface area contributed by atoms with Crippen LogP contribution in [0.4, 0.5) is 0 Å². The summed E-state index contributed by atoms with van der Waals surface area (Å²) in [6, 6.07) is 8.91. The molecule has 3 nitrogen and oxygen atoms in total. The van der Waals surface area contributed by atoms with E-state index in [2.05, 4.69) is 62.7 Å². The lowest BCUT2D eigenvalue weighted by atomic mass is 10.2. The summed E-state index contributed by atoms with van der Waals surface area (Å²) in [6.07, 6.45) is 1.25. The molecule has 18 heavy (non-hydrogen) atoms. The molecule has 2 unspecified atom stereocenters. The van der Waals surface area contributed by atoms with E-state index in [0.29, 0.717) is 6.04 Å². The lowest BCUT2D eigenvalue weighted by molar-refractivity contribution is 0.763. The Morgan fingerprint density at radius 3 is 2.50 bits per heavy atom. The predicted octanol–water partition coefficient (Wildman–Crippen LogP) is 3.14. The van der Waals surface area contributed by atoms with Crippen LogP contribution < -0.4 is 10.6 Å². The summed E-state index contributed by atoms with van der Waals surface area (Å²) in [7, 11) is 1.81. The summed E-state index contributed by atoms with van der Waals surface area (Å²) in [5.74, 6) is 1.67. The van der Waals surface area contributed by atoms with Gasteiger partial charge in [0.25, 0.3) is 0 Å². The SMILES string of the molecule is CN=C(NCc1ccc(Br)cc1)NC1CC1C.I. The van der Waals surface area contributed by atoms with Crippen molar-refractivity contribution in [1.82, 2.24) is 10.6 Å². The summed E-state index contributed by atoms with van der Waals surface area (Å²) >= 11 is 3.43. The van der Waals surface area contributed by atoms with Gasteiger partial charge in [0.15, 0.2) is 5.96 Å². The Balaban J connectivity index is 0.00000162. The van der Waals surface area contributed by atoms with Crippen molar-refractivity contribution in [2.45, 2.75) is 25.9 Å². The fraction of sp³-hybridized carbons (Fsp3) is 0.462. The van der Waals surface area contributed by atoms with Gasteiger partial charge in [0.1, 0.15) is 0 Å². The third-order valence-corrected chi connectivity index (χ3v) is 3.56. The fourth-order valence-corrected chi connectivity index (χ4v) is 1.95. The molecule has 1 saturated carbocycles. The highest BCUT2D eigenvalue weighted by molar-refractivity contribution is 14.0. The molecule has 2 rings (SSSR count). The number of guanidine groups is 1. The maximum atomic E-state index is 4.22. The summed E-state index contributed by atoms with van der Waals surface area (Å²) in [5, 5.41) is 6.72. The maximum Gasteiger partial charge on any atom is 0.191 e. The topological polar surface area (TPSA) is 36.4 Å². The second-order valence-corrected chi connectivity index (χ2v) is 5.43. The zero-order chi connectivity index (χ0) is 12.3. The van der Waals surface area contributed by atoms with Gasteiger partial charge in [-0.05, 0) is 30.0 Å². The lowest BCUT2D eigenvalue weighted by Crippen LogP contribution is -2.38. The third-order valence-electron chi connectivity index (χ3n) is 3.03. The van der Waals surface area contributed by atoms with E-state index in [-0.39, 0.29) is 24.0 Å². The number of nitrogens with one attached hydrogen (secondary N) is 2. The van der Waals surface area contributed by atoms with Crippen molar-refractivity contribution < 1.29 is 0 Å². The maximum absolute atomic E-state index is 4.22. The Bertz CT molecular complexity index is 405. The largest absolute Gasteiger partial charge is 0.353 e. The minimum Gasteiger partial charge on any atom is -0.353 e. The summed E-state index contributed by atoms with van der Waals surface area (Å²) in [5.41, 5.74) is 1.25. The minimum atomic E-state index is 0. The molecule has 1 aliphatic rings. The van der Waals surface area contributed by atoms with Crippen molar-refractivity contribution in [3.8, 4) is 0 Å². The van der Waals surface area contributed by atoms with Gasteiger partial charge < -0.3 is 10.6 Å². The number of hydrogen-bond acceptors (Lipinski definition) is 1. The molecule has 1 aromatic rings. The van der Waals surface area contributed by atoms with Gasteiger partial charge in [-0.15, -0.1) is 24.0 Å². The molecular formula is C13H19BrIN3. The van der Waals surface area contributed by atoms with E-state index in [4.69, 9.17) is 0 Å². The quantitative estimate of drug-likeness (QED) is 0.445. The van der Waals surface area contributed by atoms with Crippen LogP contribution >= 0.6 is 39.9 Å². The molecule has 1 fully saturated rings. The standard InChI is InChI=1S/C13H18BrN3.HI/c1-9-7-12(9)17-13(15-2)16-8-10-3-5-11(14)6-4-10;/h3-6,9,12H,7-8H2,1-2H3,(H2,15,16,17);1H. The zero-order valence-corrected chi connectivity index (χ0v) is 14.5. The van der Waals surface area contributed by atoms with Crippen LogP contribution in [0, 0.1) is 5.92 Å². The van der Waals surface area contributed by atoms with Crippen LogP contribution in [0.25, 0.3) is 0 Å². The van der Waals surface area contributed by atoms with Crippen LogP contribution in [0.3, 0.4) is 0 Å². The van der Waals surface area contributed by atoms with Crippen molar-refractivity contribution in [2.75, 3.05) is 7.05 Å². The first-order valence-electron chi connectivity index (χ1n) is 5.90. The first-order chi connectivity index (χ1) is 8.19. The molecule has 0 aromatic heterocycles. The second kappa shape index (κ2) is 7.33. The third kappa shape index (κ3) is 4.76. The number of aliphatic imine (C=N–C) groups is 1. The Kier molecular flexibility index (Phi) is 6.42. The molecule has 0 bridgehead atoms. The Labute approximate surface area is 134 Å². The lowest BCUT2D eigenvalue weighted by Gasteiger charge is -2.11. The van der Waals surface area contributed by atoms with Crippen LogP contribution in [0.5, 0.6) is 0 Å². The fourth-order valence-electron chi connectivity index (χ4n) is 1.68. The Hall–Kier alpha value is -0.300. The molecule has 0 saturated heterocycles. The van der Waals surface area contributed by atoms with E-state index in [1.54, 1.807) is 0 Å². The number of rotatable bonds is 3.